The predicted molar refractivity (Wildman–Crippen MR) is 127 cm³/mol. The summed E-state index contributed by atoms with van der Waals surface area (Å²) in [6, 6.07) is 31.2. The number of carbonyl (C=O) groups excluding carboxylic acids is 1. The zero-order chi connectivity index (χ0) is 23.7. The van der Waals surface area contributed by atoms with E-state index in [9.17, 15) is 18.0 Å². The highest BCUT2D eigenvalue weighted by Gasteiger charge is 2.40. The van der Waals surface area contributed by atoms with Crippen molar-refractivity contribution in [3.63, 3.8) is 0 Å². The Bertz CT molecular complexity index is 1310. The molecule has 0 N–H and O–H groups in total. The molecule has 5 rings (SSSR count). The fraction of sp³-hybridized carbons (Fsp3) is 0.107. The van der Waals surface area contributed by atoms with Gasteiger partial charge in [0.1, 0.15) is 6.17 Å². The van der Waals surface area contributed by atoms with Crippen LogP contribution in [0.15, 0.2) is 109 Å². The van der Waals surface area contributed by atoms with E-state index in [0.717, 1.165) is 17.7 Å². The highest BCUT2D eigenvalue weighted by molar-refractivity contribution is 6.12. The number of amides is 1. The lowest BCUT2D eigenvalue weighted by atomic mass is 9.98. The maximum Gasteiger partial charge on any atom is 0.416 e. The van der Waals surface area contributed by atoms with Crippen molar-refractivity contribution in [1.82, 2.24) is 0 Å². The summed E-state index contributed by atoms with van der Waals surface area (Å²) in [5, 5.41) is 0. The molecule has 1 heterocycles. The van der Waals surface area contributed by atoms with Crippen LogP contribution in [0.3, 0.4) is 0 Å². The first-order valence-corrected chi connectivity index (χ1v) is 10.9. The molecule has 6 heteroatoms. The molecule has 1 atom stereocenters. The SMILES string of the molecule is O=C1c2ccccc2N(Cc2ccccc2)[C@@H](c2cccc(C(F)(F)F)c2)N1c1ccccc1. The lowest BCUT2D eigenvalue weighted by Crippen LogP contribution is -2.49. The molecular weight excluding hydrogens is 437 g/mol. The topological polar surface area (TPSA) is 23.6 Å². The minimum absolute atomic E-state index is 0.256. The maximum absolute atomic E-state index is 13.8. The summed E-state index contributed by atoms with van der Waals surface area (Å²) < 4.78 is 40.9. The number of benzene rings is 4. The van der Waals surface area contributed by atoms with E-state index in [-0.39, 0.29) is 5.91 Å². The van der Waals surface area contributed by atoms with Gasteiger partial charge in [-0.3, -0.25) is 9.69 Å². The van der Waals surface area contributed by atoms with Gasteiger partial charge < -0.3 is 4.90 Å². The lowest BCUT2D eigenvalue weighted by Gasteiger charge is -2.46. The van der Waals surface area contributed by atoms with Gasteiger partial charge in [0.2, 0.25) is 0 Å². The fourth-order valence-electron chi connectivity index (χ4n) is 4.42. The molecule has 0 spiro atoms. The molecule has 0 aromatic heterocycles. The summed E-state index contributed by atoms with van der Waals surface area (Å²) in [6.45, 7) is 0.412. The second-order valence-electron chi connectivity index (χ2n) is 8.14. The number of hydrogen-bond donors (Lipinski definition) is 0. The largest absolute Gasteiger partial charge is 0.416 e. The standard InChI is InChI=1S/C28H21F3N2O/c29-28(30,31)22-13-9-12-21(18-22)26-32(19-20-10-3-1-4-11-20)25-17-8-7-16-24(25)27(34)33(26)23-14-5-2-6-15-23/h1-18,26H,19H2/t26-/m1/s1. The van der Waals surface area contributed by atoms with Crippen molar-refractivity contribution in [3.8, 4) is 0 Å². The van der Waals surface area contributed by atoms with Crippen LogP contribution < -0.4 is 9.80 Å². The van der Waals surface area contributed by atoms with E-state index in [4.69, 9.17) is 0 Å². The van der Waals surface area contributed by atoms with E-state index in [1.165, 1.54) is 6.07 Å². The average Bonchev–Trinajstić information content (AvgIpc) is 2.86. The maximum atomic E-state index is 13.8. The molecule has 170 valence electrons. The molecule has 0 aliphatic carbocycles. The fourth-order valence-corrected chi connectivity index (χ4v) is 4.42. The number of para-hydroxylation sites is 2. The van der Waals surface area contributed by atoms with E-state index in [1.807, 2.05) is 65.6 Å². The van der Waals surface area contributed by atoms with Crippen LogP contribution in [-0.4, -0.2) is 5.91 Å². The summed E-state index contributed by atoms with van der Waals surface area (Å²) in [7, 11) is 0. The van der Waals surface area contributed by atoms with Gasteiger partial charge in [0.05, 0.1) is 16.8 Å². The monoisotopic (exact) mass is 458 g/mol. The number of nitrogens with zero attached hydrogens (tertiary/aromatic N) is 2. The van der Waals surface area contributed by atoms with Crippen LogP contribution in [0, 0.1) is 0 Å². The van der Waals surface area contributed by atoms with E-state index < -0.39 is 17.9 Å². The zero-order valence-electron chi connectivity index (χ0n) is 18.1. The number of fused-ring (bicyclic) bond motifs is 1. The Balaban J connectivity index is 1.74. The Kier molecular flexibility index (Phi) is 5.57. The van der Waals surface area contributed by atoms with Crippen molar-refractivity contribution >= 4 is 17.3 Å². The number of hydrogen-bond acceptors (Lipinski definition) is 2. The quantitative estimate of drug-likeness (QED) is 0.327. The summed E-state index contributed by atoms with van der Waals surface area (Å²) >= 11 is 0. The van der Waals surface area contributed by atoms with Crippen molar-refractivity contribution < 1.29 is 18.0 Å². The van der Waals surface area contributed by atoms with Crippen molar-refractivity contribution in [1.29, 1.82) is 0 Å². The molecule has 0 fully saturated rings. The van der Waals surface area contributed by atoms with Gasteiger partial charge >= 0.3 is 6.18 Å². The van der Waals surface area contributed by atoms with E-state index >= 15 is 0 Å². The molecular formula is C28H21F3N2O. The van der Waals surface area contributed by atoms with Crippen LogP contribution in [0.1, 0.15) is 33.2 Å². The van der Waals surface area contributed by atoms with E-state index in [2.05, 4.69) is 0 Å². The average molecular weight is 458 g/mol. The summed E-state index contributed by atoms with van der Waals surface area (Å²) in [5.41, 5.74) is 2.43. The zero-order valence-corrected chi connectivity index (χ0v) is 18.1. The third kappa shape index (κ3) is 4.03. The Hall–Kier alpha value is -4.06. The Labute approximate surface area is 195 Å². The van der Waals surface area contributed by atoms with Crippen molar-refractivity contribution in [2.24, 2.45) is 0 Å². The van der Waals surface area contributed by atoms with Crippen molar-refractivity contribution in [2.75, 3.05) is 9.80 Å². The molecule has 1 aliphatic heterocycles. The van der Waals surface area contributed by atoms with Crippen LogP contribution in [0.2, 0.25) is 0 Å². The number of alkyl halides is 3. The molecule has 0 radical (unpaired) electrons. The second-order valence-corrected chi connectivity index (χ2v) is 8.14. The second kappa shape index (κ2) is 8.71. The predicted octanol–water partition coefficient (Wildman–Crippen LogP) is 7.07. The molecule has 0 unspecified atom stereocenters. The molecule has 0 saturated heterocycles. The highest BCUT2D eigenvalue weighted by Crippen LogP contribution is 2.43. The van der Waals surface area contributed by atoms with Gasteiger partial charge in [-0.05, 0) is 47.5 Å². The van der Waals surface area contributed by atoms with Gasteiger partial charge in [-0.15, -0.1) is 0 Å². The Morgan fingerprint density at radius 2 is 1.38 bits per heavy atom. The first kappa shape index (κ1) is 21.8. The number of anilines is 2. The van der Waals surface area contributed by atoms with Gasteiger partial charge in [0.15, 0.2) is 0 Å². The normalized spacial score (nSPS) is 15.9. The molecule has 3 nitrogen and oxygen atoms in total. The first-order chi connectivity index (χ1) is 16.4. The summed E-state index contributed by atoms with van der Waals surface area (Å²) in [6.07, 6.45) is -5.26. The van der Waals surface area contributed by atoms with Crippen LogP contribution in [0.4, 0.5) is 24.5 Å². The highest BCUT2D eigenvalue weighted by atomic mass is 19.4. The summed E-state index contributed by atoms with van der Waals surface area (Å²) in [4.78, 5) is 17.3. The molecule has 1 amide bonds. The Morgan fingerprint density at radius 1 is 0.735 bits per heavy atom. The third-order valence-corrected chi connectivity index (χ3v) is 5.94. The number of halogens is 3. The van der Waals surface area contributed by atoms with Gasteiger partial charge in [-0.2, -0.15) is 13.2 Å². The van der Waals surface area contributed by atoms with Gasteiger partial charge in [0, 0.05) is 12.2 Å². The van der Waals surface area contributed by atoms with Crippen LogP contribution in [-0.2, 0) is 12.7 Å². The first-order valence-electron chi connectivity index (χ1n) is 10.9. The molecule has 0 bridgehead atoms. The molecule has 34 heavy (non-hydrogen) atoms. The van der Waals surface area contributed by atoms with Crippen LogP contribution >= 0.6 is 0 Å². The third-order valence-electron chi connectivity index (χ3n) is 5.94. The number of rotatable bonds is 4. The van der Waals surface area contributed by atoms with Crippen LogP contribution in [0.5, 0.6) is 0 Å². The summed E-state index contributed by atoms with van der Waals surface area (Å²) in [5.74, 6) is -0.256. The van der Waals surface area contributed by atoms with Crippen molar-refractivity contribution in [2.45, 2.75) is 18.9 Å². The minimum Gasteiger partial charge on any atom is -0.342 e. The van der Waals surface area contributed by atoms with Gasteiger partial charge in [0.25, 0.3) is 5.91 Å². The molecule has 4 aromatic carbocycles. The molecule has 1 aliphatic rings. The lowest BCUT2D eigenvalue weighted by molar-refractivity contribution is -0.137. The van der Waals surface area contributed by atoms with Crippen LogP contribution in [0.25, 0.3) is 0 Å². The molecule has 0 saturated carbocycles. The smallest absolute Gasteiger partial charge is 0.342 e. The van der Waals surface area contributed by atoms with Crippen molar-refractivity contribution in [3.05, 3.63) is 131 Å². The van der Waals surface area contributed by atoms with E-state index in [1.54, 1.807) is 35.2 Å². The molecule has 4 aromatic rings. The van der Waals surface area contributed by atoms with E-state index in [0.29, 0.717) is 29.0 Å². The number of carbonyl (C=O) groups is 1. The Morgan fingerprint density at radius 3 is 2.09 bits per heavy atom. The minimum atomic E-state index is -4.49. The van der Waals surface area contributed by atoms with Gasteiger partial charge in [-0.1, -0.05) is 72.8 Å². The van der Waals surface area contributed by atoms with Gasteiger partial charge in [-0.25, -0.2) is 0 Å².